The molecule has 1 saturated carbocycles. The first-order valence-corrected chi connectivity index (χ1v) is 6.90. The highest BCUT2D eigenvalue weighted by molar-refractivity contribution is 5.64. The molecule has 0 saturated heterocycles. The molecule has 0 aliphatic heterocycles. The summed E-state index contributed by atoms with van der Waals surface area (Å²) in [5.41, 5.74) is 7.33. The van der Waals surface area contributed by atoms with Gasteiger partial charge in [-0.1, -0.05) is 12.8 Å². The second kappa shape index (κ2) is 4.85. The largest absolute Gasteiger partial charge is 0.398 e. The molecule has 2 aromatic rings. The lowest BCUT2D eigenvalue weighted by Crippen LogP contribution is -2.10. The molecule has 0 spiro atoms. The third kappa shape index (κ3) is 2.37. The van der Waals surface area contributed by atoms with E-state index < -0.39 is 0 Å². The predicted octanol–water partition coefficient (Wildman–Crippen LogP) is 2.73. The van der Waals surface area contributed by atoms with E-state index in [4.69, 9.17) is 5.73 Å². The van der Waals surface area contributed by atoms with Crippen LogP contribution in [0.4, 0.5) is 10.1 Å². The number of halogens is 1. The van der Waals surface area contributed by atoms with E-state index in [2.05, 4.69) is 22.4 Å². The van der Waals surface area contributed by atoms with Crippen molar-refractivity contribution in [2.45, 2.75) is 39.2 Å². The van der Waals surface area contributed by atoms with Crippen LogP contribution in [0.25, 0.3) is 11.4 Å². The van der Waals surface area contributed by atoms with Gasteiger partial charge in [-0.25, -0.2) is 9.07 Å². The molecule has 1 fully saturated rings. The van der Waals surface area contributed by atoms with Crippen LogP contribution >= 0.6 is 0 Å². The van der Waals surface area contributed by atoms with E-state index >= 15 is 0 Å². The van der Waals surface area contributed by atoms with Gasteiger partial charge in [0.05, 0.1) is 6.04 Å². The number of nitrogens with two attached hydrogens (primary N) is 1. The molecule has 6 heteroatoms. The first kappa shape index (κ1) is 13.0. The van der Waals surface area contributed by atoms with Crippen molar-refractivity contribution < 1.29 is 4.39 Å². The van der Waals surface area contributed by atoms with Crippen LogP contribution in [0, 0.1) is 18.7 Å². The van der Waals surface area contributed by atoms with Crippen molar-refractivity contribution >= 4 is 5.69 Å². The number of anilines is 1. The topological polar surface area (TPSA) is 69.6 Å². The Hall–Kier alpha value is -1.98. The number of rotatable bonds is 4. The van der Waals surface area contributed by atoms with E-state index in [-0.39, 0.29) is 11.9 Å². The Labute approximate surface area is 117 Å². The quantitative estimate of drug-likeness (QED) is 0.871. The Morgan fingerprint density at radius 1 is 1.45 bits per heavy atom. The maximum absolute atomic E-state index is 13.8. The molecule has 0 amide bonds. The number of hydrogen-bond acceptors (Lipinski definition) is 4. The Morgan fingerprint density at radius 2 is 2.20 bits per heavy atom. The van der Waals surface area contributed by atoms with Crippen molar-refractivity contribution in [2.75, 3.05) is 5.73 Å². The molecule has 1 aliphatic rings. The molecule has 5 nitrogen and oxygen atoms in total. The van der Waals surface area contributed by atoms with Crippen LogP contribution in [0.5, 0.6) is 0 Å². The molecule has 1 atom stereocenters. The first-order chi connectivity index (χ1) is 9.56. The fourth-order valence-electron chi connectivity index (χ4n) is 2.45. The Kier molecular flexibility index (Phi) is 3.16. The van der Waals surface area contributed by atoms with E-state index in [9.17, 15) is 4.39 Å². The van der Waals surface area contributed by atoms with Gasteiger partial charge < -0.3 is 5.73 Å². The van der Waals surface area contributed by atoms with Gasteiger partial charge >= 0.3 is 0 Å². The highest BCUT2D eigenvalue weighted by atomic mass is 19.1. The fraction of sp³-hybridized carbons (Fsp3) is 0.500. The maximum Gasteiger partial charge on any atom is 0.182 e. The molecular formula is C14H18FN5. The number of hydrogen-bond donors (Lipinski definition) is 1. The van der Waals surface area contributed by atoms with Gasteiger partial charge in [0.2, 0.25) is 0 Å². The van der Waals surface area contributed by atoms with Crippen molar-refractivity contribution in [1.29, 1.82) is 0 Å². The van der Waals surface area contributed by atoms with Crippen LogP contribution in [0.1, 0.15) is 37.8 Å². The van der Waals surface area contributed by atoms with E-state index in [1.54, 1.807) is 17.7 Å². The monoisotopic (exact) mass is 275 g/mol. The molecule has 0 radical (unpaired) electrons. The van der Waals surface area contributed by atoms with E-state index in [0.717, 1.165) is 12.3 Å². The average molecular weight is 275 g/mol. The van der Waals surface area contributed by atoms with Gasteiger partial charge in [-0.05, 0) is 48.7 Å². The van der Waals surface area contributed by atoms with Crippen LogP contribution in [0.2, 0.25) is 0 Å². The third-order valence-electron chi connectivity index (χ3n) is 3.92. The normalized spacial score (nSPS) is 16.4. The van der Waals surface area contributed by atoms with Gasteiger partial charge in [-0.2, -0.15) is 0 Å². The zero-order valence-electron chi connectivity index (χ0n) is 11.7. The standard InChI is InChI=1S/C14H18FN5/c1-8(5-10-3-4-10)20-14(17-18-19-20)11-6-12(15)9(2)13(16)7-11/h6-8,10H,3-5,16H2,1-2H3. The third-order valence-corrected chi connectivity index (χ3v) is 3.92. The van der Waals surface area contributed by atoms with Gasteiger partial charge in [-0.15, -0.1) is 5.10 Å². The van der Waals surface area contributed by atoms with E-state index in [1.807, 2.05) is 0 Å². The summed E-state index contributed by atoms with van der Waals surface area (Å²) in [4.78, 5) is 0. The first-order valence-electron chi connectivity index (χ1n) is 6.90. The van der Waals surface area contributed by atoms with E-state index in [1.165, 1.54) is 18.9 Å². The minimum atomic E-state index is -0.329. The zero-order chi connectivity index (χ0) is 14.3. The molecule has 20 heavy (non-hydrogen) atoms. The lowest BCUT2D eigenvalue weighted by molar-refractivity contribution is 0.430. The molecule has 1 aromatic heterocycles. The summed E-state index contributed by atoms with van der Waals surface area (Å²) in [5, 5.41) is 11.8. The van der Waals surface area contributed by atoms with Crippen LogP contribution in [-0.2, 0) is 0 Å². The van der Waals surface area contributed by atoms with E-state index in [0.29, 0.717) is 22.6 Å². The average Bonchev–Trinajstić information content (AvgIpc) is 3.07. The second-order valence-corrected chi connectivity index (χ2v) is 5.65. The number of nitrogens with zero attached hydrogens (tertiary/aromatic N) is 4. The molecule has 1 aromatic carbocycles. The maximum atomic E-state index is 13.8. The van der Waals surface area contributed by atoms with Crippen LogP contribution in [0.3, 0.4) is 0 Å². The molecule has 1 aliphatic carbocycles. The molecule has 1 unspecified atom stereocenters. The molecule has 0 bridgehead atoms. The predicted molar refractivity (Wildman–Crippen MR) is 74.4 cm³/mol. The summed E-state index contributed by atoms with van der Waals surface area (Å²) in [5.74, 6) is 1.02. The minimum Gasteiger partial charge on any atom is -0.398 e. The smallest absolute Gasteiger partial charge is 0.182 e. The lowest BCUT2D eigenvalue weighted by Gasteiger charge is -2.13. The molecule has 3 rings (SSSR count). The summed E-state index contributed by atoms with van der Waals surface area (Å²) in [7, 11) is 0. The summed E-state index contributed by atoms with van der Waals surface area (Å²) < 4.78 is 15.6. The number of nitrogen functional groups attached to an aromatic ring is 1. The van der Waals surface area contributed by atoms with Crippen LogP contribution in [-0.4, -0.2) is 20.2 Å². The lowest BCUT2D eigenvalue weighted by atomic mass is 10.1. The summed E-state index contributed by atoms with van der Waals surface area (Å²) in [6.45, 7) is 3.75. The van der Waals surface area contributed by atoms with Gasteiger partial charge in [0.15, 0.2) is 5.82 Å². The van der Waals surface area contributed by atoms with Gasteiger partial charge in [0.1, 0.15) is 5.82 Å². The van der Waals surface area contributed by atoms with Gasteiger partial charge in [0.25, 0.3) is 0 Å². The molecular weight excluding hydrogens is 257 g/mol. The Balaban J connectivity index is 1.96. The van der Waals surface area contributed by atoms with Crippen molar-refractivity contribution in [3.05, 3.63) is 23.5 Å². The number of aromatic nitrogens is 4. The highest BCUT2D eigenvalue weighted by Gasteiger charge is 2.26. The van der Waals surface area contributed by atoms with Gasteiger partial charge in [-0.3, -0.25) is 0 Å². The summed E-state index contributed by atoms with van der Waals surface area (Å²) in [6.07, 6.45) is 3.63. The second-order valence-electron chi connectivity index (χ2n) is 5.65. The Bertz CT molecular complexity index is 609. The SMILES string of the molecule is Cc1c(N)cc(-c2nnnn2C(C)CC2CC2)cc1F. The number of benzene rings is 1. The molecule has 2 N–H and O–H groups in total. The molecule has 106 valence electrons. The fourth-order valence-corrected chi connectivity index (χ4v) is 2.45. The minimum absolute atomic E-state index is 0.207. The van der Waals surface area contributed by atoms with Crippen LogP contribution < -0.4 is 5.73 Å². The van der Waals surface area contributed by atoms with Crippen molar-refractivity contribution in [3.63, 3.8) is 0 Å². The van der Waals surface area contributed by atoms with Crippen molar-refractivity contribution in [3.8, 4) is 11.4 Å². The van der Waals surface area contributed by atoms with Crippen molar-refractivity contribution in [1.82, 2.24) is 20.2 Å². The highest BCUT2D eigenvalue weighted by Crippen LogP contribution is 2.37. The summed E-state index contributed by atoms with van der Waals surface area (Å²) in [6, 6.07) is 3.38. The molecule has 1 heterocycles. The Morgan fingerprint density at radius 3 is 2.85 bits per heavy atom. The summed E-state index contributed by atoms with van der Waals surface area (Å²) >= 11 is 0. The zero-order valence-corrected chi connectivity index (χ0v) is 11.7. The van der Waals surface area contributed by atoms with Crippen LogP contribution in [0.15, 0.2) is 12.1 Å². The van der Waals surface area contributed by atoms with Gasteiger partial charge in [0, 0.05) is 16.8 Å². The van der Waals surface area contributed by atoms with Crippen molar-refractivity contribution in [2.24, 2.45) is 5.92 Å². The number of tetrazole rings is 1.